The summed E-state index contributed by atoms with van der Waals surface area (Å²) in [6, 6.07) is 12.7. The number of anilines is 1. The first-order chi connectivity index (χ1) is 16.5. The molecule has 0 radical (unpaired) electrons. The molecule has 6 nitrogen and oxygen atoms in total. The Morgan fingerprint density at radius 3 is 2.50 bits per heavy atom. The van der Waals surface area contributed by atoms with E-state index >= 15 is 0 Å². The number of ether oxygens (including phenoxy) is 1. The van der Waals surface area contributed by atoms with E-state index in [1.807, 2.05) is 18.2 Å². The van der Waals surface area contributed by atoms with Crippen LogP contribution in [-0.2, 0) is 9.53 Å². The topological polar surface area (TPSA) is 62.2 Å². The monoisotopic (exact) mass is 515 g/mol. The van der Waals surface area contributed by atoms with E-state index in [-0.39, 0.29) is 11.9 Å². The Hall–Kier alpha value is -2.42. The van der Waals surface area contributed by atoms with Gasteiger partial charge >= 0.3 is 5.97 Å². The highest BCUT2D eigenvalue weighted by molar-refractivity contribution is 8.19. The van der Waals surface area contributed by atoms with Crippen molar-refractivity contribution in [1.29, 1.82) is 0 Å². The molecule has 2 aromatic carbocycles. The van der Waals surface area contributed by atoms with Gasteiger partial charge in [-0.15, -0.1) is 0 Å². The van der Waals surface area contributed by atoms with Crippen molar-refractivity contribution in [1.82, 2.24) is 4.90 Å². The van der Waals surface area contributed by atoms with Gasteiger partial charge in [0, 0.05) is 23.0 Å². The van der Waals surface area contributed by atoms with E-state index in [9.17, 15) is 9.59 Å². The van der Waals surface area contributed by atoms with E-state index in [0.717, 1.165) is 35.0 Å². The molecule has 2 aliphatic rings. The van der Waals surface area contributed by atoms with Crippen LogP contribution in [0.4, 0.5) is 11.4 Å². The molecule has 4 rings (SSSR count). The standard InChI is InChI=1S/C25H26ClN3O3S2/c1-4-7-14-29-22(30)21(23-28(5-2)19-15-17(26)10-13-20(19)33-23)34-25(29)27-18-11-8-16(9-12-18)24(31)32-6-3/h8-13,15H,4-7,14H2,1-3H3. The van der Waals surface area contributed by atoms with Gasteiger partial charge in [0.2, 0.25) is 0 Å². The van der Waals surface area contributed by atoms with Crippen LogP contribution in [0.25, 0.3) is 0 Å². The molecule has 0 bridgehead atoms. The number of amides is 1. The SMILES string of the molecule is CCCCN1C(=O)C(=C2Sc3ccc(Cl)cc3N2CC)SC1=Nc1ccc(C(=O)OCC)cc1. The maximum absolute atomic E-state index is 13.5. The minimum atomic E-state index is -0.360. The van der Waals surface area contributed by atoms with Crippen molar-refractivity contribution in [3.63, 3.8) is 0 Å². The molecule has 1 fully saturated rings. The Morgan fingerprint density at radius 2 is 1.82 bits per heavy atom. The number of carbonyl (C=O) groups is 2. The van der Waals surface area contributed by atoms with Crippen LogP contribution in [0.3, 0.4) is 0 Å². The molecule has 9 heteroatoms. The summed E-state index contributed by atoms with van der Waals surface area (Å²) in [6.45, 7) is 7.60. The lowest BCUT2D eigenvalue weighted by molar-refractivity contribution is -0.122. The fourth-order valence-electron chi connectivity index (χ4n) is 3.67. The molecule has 1 saturated heterocycles. The van der Waals surface area contributed by atoms with Crippen LogP contribution in [0.1, 0.15) is 44.0 Å². The van der Waals surface area contributed by atoms with Crippen LogP contribution in [0.5, 0.6) is 0 Å². The van der Waals surface area contributed by atoms with Crippen LogP contribution in [-0.4, -0.2) is 41.6 Å². The lowest BCUT2D eigenvalue weighted by Crippen LogP contribution is -2.30. The summed E-state index contributed by atoms with van der Waals surface area (Å²) in [5, 5.41) is 2.24. The number of benzene rings is 2. The maximum atomic E-state index is 13.5. The van der Waals surface area contributed by atoms with E-state index in [2.05, 4.69) is 18.7 Å². The van der Waals surface area contributed by atoms with E-state index < -0.39 is 0 Å². The highest BCUT2D eigenvalue weighted by Crippen LogP contribution is 2.51. The zero-order valence-electron chi connectivity index (χ0n) is 19.3. The largest absolute Gasteiger partial charge is 0.462 e. The molecule has 0 unspecified atom stereocenters. The molecular formula is C25H26ClN3O3S2. The molecular weight excluding hydrogens is 490 g/mol. The van der Waals surface area contributed by atoms with Gasteiger partial charge in [-0.05, 0) is 74.5 Å². The summed E-state index contributed by atoms with van der Waals surface area (Å²) in [5.41, 5.74) is 2.18. The lowest BCUT2D eigenvalue weighted by Gasteiger charge is -2.19. The molecule has 0 aliphatic carbocycles. The second-order valence-corrected chi connectivity index (χ2v) is 10.1. The number of hydrogen-bond donors (Lipinski definition) is 0. The Bertz CT molecular complexity index is 1160. The van der Waals surface area contributed by atoms with Gasteiger partial charge in [-0.3, -0.25) is 9.69 Å². The van der Waals surface area contributed by atoms with Crippen LogP contribution in [0.15, 0.2) is 62.3 Å². The van der Waals surface area contributed by atoms with Crippen molar-refractivity contribution in [2.24, 2.45) is 4.99 Å². The first-order valence-corrected chi connectivity index (χ1v) is 13.3. The number of unbranched alkanes of at least 4 members (excludes halogenated alkanes) is 1. The highest BCUT2D eigenvalue weighted by Gasteiger charge is 2.39. The number of halogens is 1. The summed E-state index contributed by atoms with van der Waals surface area (Å²) < 4.78 is 5.05. The van der Waals surface area contributed by atoms with Crippen molar-refractivity contribution in [3.8, 4) is 0 Å². The molecule has 2 aromatic rings. The minimum Gasteiger partial charge on any atom is -0.462 e. The number of hydrogen-bond acceptors (Lipinski definition) is 7. The normalized spacial score (nSPS) is 18.7. The summed E-state index contributed by atoms with van der Waals surface area (Å²) in [5.74, 6) is -0.388. The van der Waals surface area contributed by atoms with Gasteiger partial charge in [-0.2, -0.15) is 0 Å². The molecule has 0 spiro atoms. The fraction of sp³-hybridized carbons (Fsp3) is 0.320. The van der Waals surface area contributed by atoms with E-state index in [4.69, 9.17) is 21.3 Å². The van der Waals surface area contributed by atoms with Gasteiger partial charge in [-0.1, -0.05) is 36.7 Å². The molecule has 0 N–H and O–H groups in total. The van der Waals surface area contributed by atoms with Crippen LogP contribution >= 0.6 is 35.1 Å². The molecule has 0 atom stereocenters. The number of nitrogens with zero attached hydrogens (tertiary/aromatic N) is 3. The van der Waals surface area contributed by atoms with Gasteiger partial charge in [0.05, 0.1) is 23.5 Å². The molecule has 0 saturated carbocycles. The zero-order valence-corrected chi connectivity index (χ0v) is 21.7. The van der Waals surface area contributed by atoms with Gasteiger partial charge < -0.3 is 9.64 Å². The van der Waals surface area contributed by atoms with Gasteiger partial charge in [-0.25, -0.2) is 9.79 Å². The Labute approximate surface area is 213 Å². The van der Waals surface area contributed by atoms with Gasteiger partial charge in [0.15, 0.2) is 5.17 Å². The van der Waals surface area contributed by atoms with E-state index in [0.29, 0.717) is 39.5 Å². The average molecular weight is 516 g/mol. The third kappa shape index (κ3) is 4.99. The quantitative estimate of drug-likeness (QED) is 0.302. The number of amidine groups is 1. The predicted octanol–water partition coefficient (Wildman–Crippen LogP) is 6.68. The summed E-state index contributed by atoms with van der Waals surface area (Å²) >= 11 is 9.24. The number of carbonyl (C=O) groups excluding carboxylic acids is 2. The van der Waals surface area contributed by atoms with Crippen molar-refractivity contribution >= 4 is 63.5 Å². The van der Waals surface area contributed by atoms with E-state index in [1.54, 1.807) is 47.9 Å². The summed E-state index contributed by atoms with van der Waals surface area (Å²) in [6.07, 6.45) is 1.86. The molecule has 2 aliphatic heterocycles. The first-order valence-electron chi connectivity index (χ1n) is 11.3. The first kappa shape index (κ1) is 24.7. The van der Waals surface area contributed by atoms with E-state index in [1.165, 1.54) is 11.8 Å². The Balaban J connectivity index is 1.68. The number of esters is 1. The van der Waals surface area contributed by atoms with Crippen molar-refractivity contribution in [3.05, 3.63) is 63.0 Å². The van der Waals surface area contributed by atoms with Crippen LogP contribution < -0.4 is 4.90 Å². The average Bonchev–Trinajstić information content (AvgIpc) is 3.34. The summed E-state index contributed by atoms with van der Waals surface area (Å²) in [4.78, 5) is 35.9. The predicted molar refractivity (Wildman–Crippen MR) is 141 cm³/mol. The lowest BCUT2D eigenvalue weighted by atomic mass is 10.2. The third-order valence-corrected chi connectivity index (χ3v) is 7.99. The molecule has 1 amide bonds. The molecule has 2 heterocycles. The number of rotatable bonds is 7. The summed E-state index contributed by atoms with van der Waals surface area (Å²) in [7, 11) is 0. The minimum absolute atomic E-state index is 0.0276. The number of aliphatic imine (C=N–C) groups is 1. The van der Waals surface area contributed by atoms with Crippen LogP contribution in [0, 0.1) is 0 Å². The number of thioether (sulfide) groups is 2. The van der Waals surface area contributed by atoms with Crippen molar-refractivity contribution in [2.75, 3.05) is 24.6 Å². The maximum Gasteiger partial charge on any atom is 0.338 e. The number of fused-ring (bicyclic) bond motifs is 1. The molecule has 34 heavy (non-hydrogen) atoms. The van der Waals surface area contributed by atoms with Gasteiger partial charge in [0.1, 0.15) is 9.93 Å². The second-order valence-electron chi connectivity index (χ2n) is 7.67. The molecule has 0 aromatic heterocycles. The smallest absolute Gasteiger partial charge is 0.338 e. The van der Waals surface area contributed by atoms with Gasteiger partial charge in [0.25, 0.3) is 5.91 Å². The second kappa shape index (κ2) is 10.9. The molecule has 178 valence electrons. The van der Waals surface area contributed by atoms with Crippen molar-refractivity contribution < 1.29 is 14.3 Å². The fourth-order valence-corrected chi connectivity index (χ4v) is 6.23. The highest BCUT2D eigenvalue weighted by atomic mass is 35.5. The van der Waals surface area contributed by atoms with Crippen LogP contribution in [0.2, 0.25) is 5.02 Å². The van der Waals surface area contributed by atoms with Crippen molar-refractivity contribution in [2.45, 2.75) is 38.5 Å². The Morgan fingerprint density at radius 1 is 1.06 bits per heavy atom. The third-order valence-electron chi connectivity index (χ3n) is 5.38. The zero-order chi connectivity index (χ0) is 24.2. The Kier molecular flexibility index (Phi) is 7.91.